The summed E-state index contributed by atoms with van der Waals surface area (Å²) < 4.78 is 0. The Balaban J connectivity index is 2.00. The molecule has 0 aliphatic heterocycles. The first-order chi connectivity index (χ1) is 6.66. The molecule has 2 nitrogen and oxygen atoms in total. The van der Waals surface area contributed by atoms with E-state index in [4.69, 9.17) is 11.6 Å². The summed E-state index contributed by atoms with van der Waals surface area (Å²) in [7, 11) is 0. The lowest BCUT2D eigenvalue weighted by Gasteiger charge is -2.04. The molecule has 0 heterocycles. The van der Waals surface area contributed by atoms with Crippen molar-refractivity contribution in [1.82, 2.24) is 0 Å². The van der Waals surface area contributed by atoms with E-state index in [1.165, 1.54) is 0 Å². The number of hydrogen-bond donors (Lipinski definition) is 1. The van der Waals surface area contributed by atoms with E-state index in [0.717, 1.165) is 12.1 Å². The molecule has 74 valence electrons. The molecule has 2 unspecified atom stereocenters. The normalized spacial score (nSPS) is 24.4. The molecular weight excluding hydrogens is 198 g/mol. The molecule has 1 aliphatic carbocycles. The van der Waals surface area contributed by atoms with Crippen molar-refractivity contribution in [2.24, 2.45) is 11.8 Å². The van der Waals surface area contributed by atoms with Gasteiger partial charge in [0, 0.05) is 16.6 Å². The van der Waals surface area contributed by atoms with Crippen LogP contribution >= 0.6 is 11.6 Å². The number of carbonyl (C=O) groups excluding carboxylic acids is 1. The van der Waals surface area contributed by atoms with Gasteiger partial charge in [0.05, 0.1) is 0 Å². The van der Waals surface area contributed by atoms with Gasteiger partial charge >= 0.3 is 0 Å². The first kappa shape index (κ1) is 9.53. The second kappa shape index (κ2) is 3.62. The lowest BCUT2D eigenvalue weighted by Crippen LogP contribution is -2.14. The molecule has 2 rings (SSSR count). The third-order valence-corrected chi connectivity index (χ3v) is 2.77. The quantitative estimate of drug-likeness (QED) is 0.797. The summed E-state index contributed by atoms with van der Waals surface area (Å²) in [5.41, 5.74) is 0.779. The molecule has 0 spiro atoms. The molecule has 3 heteroatoms. The Morgan fingerprint density at radius 3 is 2.86 bits per heavy atom. The van der Waals surface area contributed by atoms with Crippen LogP contribution in [0.25, 0.3) is 0 Å². The first-order valence-corrected chi connectivity index (χ1v) is 5.11. The molecule has 1 fully saturated rings. The van der Waals surface area contributed by atoms with E-state index >= 15 is 0 Å². The van der Waals surface area contributed by atoms with Gasteiger partial charge in [-0.1, -0.05) is 24.6 Å². The number of anilines is 1. The largest absolute Gasteiger partial charge is 0.326 e. The number of carbonyl (C=O) groups is 1. The molecular formula is C11H12ClNO. The Bertz CT molecular complexity index is 364. The van der Waals surface area contributed by atoms with Crippen molar-refractivity contribution in [1.29, 1.82) is 0 Å². The van der Waals surface area contributed by atoms with Crippen LogP contribution in [0.15, 0.2) is 24.3 Å². The number of nitrogens with one attached hydrogen (secondary N) is 1. The van der Waals surface area contributed by atoms with Crippen LogP contribution in [0.2, 0.25) is 5.02 Å². The van der Waals surface area contributed by atoms with E-state index < -0.39 is 0 Å². The highest BCUT2D eigenvalue weighted by Gasteiger charge is 2.38. The van der Waals surface area contributed by atoms with Crippen LogP contribution in [0, 0.1) is 11.8 Å². The highest BCUT2D eigenvalue weighted by atomic mass is 35.5. The number of amides is 1. The maximum atomic E-state index is 11.5. The zero-order valence-electron chi connectivity index (χ0n) is 7.96. The van der Waals surface area contributed by atoms with Crippen molar-refractivity contribution in [2.45, 2.75) is 13.3 Å². The molecule has 0 aromatic heterocycles. The van der Waals surface area contributed by atoms with Crippen molar-refractivity contribution in [3.05, 3.63) is 29.3 Å². The molecule has 0 radical (unpaired) electrons. The van der Waals surface area contributed by atoms with Gasteiger partial charge in [-0.25, -0.2) is 0 Å². The summed E-state index contributed by atoms with van der Waals surface area (Å²) in [6.45, 7) is 2.09. The summed E-state index contributed by atoms with van der Waals surface area (Å²) in [4.78, 5) is 11.5. The SMILES string of the molecule is CC1CC1C(=O)Nc1cccc(Cl)c1. The van der Waals surface area contributed by atoms with E-state index in [1.54, 1.807) is 12.1 Å². The zero-order chi connectivity index (χ0) is 10.1. The predicted molar refractivity (Wildman–Crippen MR) is 57.4 cm³/mol. The Morgan fingerprint density at radius 2 is 2.29 bits per heavy atom. The summed E-state index contributed by atoms with van der Waals surface area (Å²) in [6.07, 6.45) is 1.01. The maximum absolute atomic E-state index is 11.5. The molecule has 2 atom stereocenters. The minimum absolute atomic E-state index is 0.111. The summed E-state index contributed by atoms with van der Waals surface area (Å²) in [5, 5.41) is 3.50. The molecule has 0 saturated heterocycles. The smallest absolute Gasteiger partial charge is 0.227 e. The van der Waals surface area contributed by atoms with E-state index in [2.05, 4.69) is 12.2 Å². The highest BCUT2D eigenvalue weighted by molar-refractivity contribution is 6.30. The van der Waals surface area contributed by atoms with Crippen LogP contribution in [0.4, 0.5) is 5.69 Å². The monoisotopic (exact) mass is 209 g/mol. The second-order valence-corrected chi connectivity index (χ2v) is 4.26. The van der Waals surface area contributed by atoms with Gasteiger partial charge in [0.15, 0.2) is 0 Å². The predicted octanol–water partition coefficient (Wildman–Crippen LogP) is 2.93. The van der Waals surface area contributed by atoms with Gasteiger partial charge in [0.2, 0.25) is 5.91 Å². The fourth-order valence-electron chi connectivity index (χ4n) is 1.49. The Morgan fingerprint density at radius 1 is 1.57 bits per heavy atom. The number of halogens is 1. The van der Waals surface area contributed by atoms with Crippen LogP contribution in [-0.2, 0) is 4.79 Å². The van der Waals surface area contributed by atoms with E-state index in [0.29, 0.717) is 10.9 Å². The topological polar surface area (TPSA) is 29.1 Å². The summed E-state index contributed by atoms with van der Waals surface area (Å²) in [6, 6.07) is 7.22. The van der Waals surface area contributed by atoms with Crippen LogP contribution in [0.1, 0.15) is 13.3 Å². The summed E-state index contributed by atoms with van der Waals surface area (Å²) >= 11 is 5.80. The Labute approximate surface area is 88.3 Å². The lowest BCUT2D eigenvalue weighted by molar-refractivity contribution is -0.117. The third kappa shape index (κ3) is 2.07. The van der Waals surface area contributed by atoms with E-state index in [-0.39, 0.29) is 11.8 Å². The average molecular weight is 210 g/mol. The van der Waals surface area contributed by atoms with Gasteiger partial charge in [-0.15, -0.1) is 0 Å². The van der Waals surface area contributed by atoms with Crippen LogP contribution in [0.5, 0.6) is 0 Å². The minimum Gasteiger partial charge on any atom is -0.326 e. The standard InChI is InChI=1S/C11H12ClNO/c1-7-5-10(7)11(14)13-9-4-2-3-8(12)6-9/h2-4,6-7,10H,5H2,1H3,(H,13,14). The zero-order valence-corrected chi connectivity index (χ0v) is 8.71. The van der Waals surface area contributed by atoms with Gasteiger partial charge in [-0.2, -0.15) is 0 Å². The second-order valence-electron chi connectivity index (χ2n) is 3.82. The molecule has 0 bridgehead atoms. The van der Waals surface area contributed by atoms with Crippen molar-refractivity contribution >= 4 is 23.2 Å². The first-order valence-electron chi connectivity index (χ1n) is 4.73. The average Bonchev–Trinajstić information content (AvgIpc) is 2.82. The number of rotatable bonds is 2. The van der Waals surface area contributed by atoms with Crippen LogP contribution in [-0.4, -0.2) is 5.91 Å². The Kier molecular flexibility index (Phi) is 2.46. The fourth-order valence-corrected chi connectivity index (χ4v) is 1.68. The molecule has 1 saturated carbocycles. The van der Waals surface area contributed by atoms with Gasteiger partial charge in [0.25, 0.3) is 0 Å². The Hall–Kier alpha value is -1.02. The third-order valence-electron chi connectivity index (χ3n) is 2.54. The molecule has 1 aromatic carbocycles. The lowest BCUT2D eigenvalue weighted by atomic mass is 10.3. The van der Waals surface area contributed by atoms with Crippen molar-refractivity contribution < 1.29 is 4.79 Å². The molecule has 1 aromatic rings. The summed E-state index contributed by atoms with van der Waals surface area (Å²) in [5.74, 6) is 0.850. The molecule has 1 aliphatic rings. The van der Waals surface area contributed by atoms with Gasteiger partial charge in [-0.3, -0.25) is 4.79 Å². The van der Waals surface area contributed by atoms with Crippen LogP contribution in [0.3, 0.4) is 0 Å². The molecule has 1 amide bonds. The number of benzene rings is 1. The highest BCUT2D eigenvalue weighted by Crippen LogP contribution is 2.38. The fraction of sp³-hybridized carbons (Fsp3) is 0.364. The van der Waals surface area contributed by atoms with Gasteiger partial charge in [0.1, 0.15) is 0 Å². The van der Waals surface area contributed by atoms with Crippen molar-refractivity contribution in [2.75, 3.05) is 5.32 Å². The van der Waals surface area contributed by atoms with Gasteiger partial charge < -0.3 is 5.32 Å². The van der Waals surface area contributed by atoms with Crippen molar-refractivity contribution in [3.63, 3.8) is 0 Å². The minimum atomic E-state index is 0.111. The van der Waals surface area contributed by atoms with Gasteiger partial charge in [-0.05, 0) is 30.5 Å². The van der Waals surface area contributed by atoms with Crippen molar-refractivity contribution in [3.8, 4) is 0 Å². The van der Waals surface area contributed by atoms with E-state index in [1.807, 2.05) is 12.1 Å². The molecule has 14 heavy (non-hydrogen) atoms. The molecule has 1 N–H and O–H groups in total. The number of hydrogen-bond acceptors (Lipinski definition) is 1. The van der Waals surface area contributed by atoms with Crippen LogP contribution < -0.4 is 5.32 Å². The van der Waals surface area contributed by atoms with E-state index in [9.17, 15) is 4.79 Å². The maximum Gasteiger partial charge on any atom is 0.227 e.